The third-order valence-corrected chi connectivity index (χ3v) is 3.25. The van der Waals surface area contributed by atoms with E-state index >= 15 is 0 Å². The lowest BCUT2D eigenvalue weighted by atomic mass is 10.1. The second-order valence-corrected chi connectivity index (χ2v) is 3.67. The van der Waals surface area contributed by atoms with Gasteiger partial charge >= 0.3 is 0 Å². The zero-order valence-corrected chi connectivity index (χ0v) is 8.85. The van der Waals surface area contributed by atoms with Crippen molar-refractivity contribution < 1.29 is 5.11 Å². The number of rotatable bonds is 0. The van der Waals surface area contributed by atoms with Crippen molar-refractivity contribution >= 4 is 34.8 Å². The van der Waals surface area contributed by atoms with E-state index in [9.17, 15) is 5.11 Å². The van der Waals surface area contributed by atoms with Crippen molar-refractivity contribution in [3.05, 3.63) is 26.2 Å². The molecule has 0 aromatic heterocycles. The second-order valence-electron chi connectivity index (χ2n) is 2.54. The van der Waals surface area contributed by atoms with Crippen LogP contribution in [0.2, 0.25) is 15.1 Å². The molecular weight excluding hydrogens is 218 g/mol. The molecule has 1 nitrogen and oxygen atoms in total. The number of benzene rings is 1. The molecule has 12 heavy (non-hydrogen) atoms. The fraction of sp³-hybridized carbons (Fsp3) is 0.250. The molecule has 0 spiro atoms. The van der Waals surface area contributed by atoms with Crippen molar-refractivity contribution in [2.75, 3.05) is 0 Å². The van der Waals surface area contributed by atoms with Gasteiger partial charge in [-0.2, -0.15) is 0 Å². The third-order valence-electron chi connectivity index (χ3n) is 1.74. The number of phenolic OH excluding ortho intramolecular Hbond substituents is 1. The topological polar surface area (TPSA) is 20.2 Å². The Labute approximate surface area is 85.9 Å². The maximum Gasteiger partial charge on any atom is 0.138 e. The molecule has 4 heteroatoms. The van der Waals surface area contributed by atoms with Crippen LogP contribution in [-0.4, -0.2) is 5.11 Å². The number of hydrogen-bond donors (Lipinski definition) is 1. The molecular formula is C8H7Cl3O. The van der Waals surface area contributed by atoms with Gasteiger partial charge in [-0.1, -0.05) is 34.8 Å². The molecule has 0 amide bonds. The molecule has 0 saturated heterocycles. The van der Waals surface area contributed by atoms with E-state index in [-0.39, 0.29) is 10.8 Å². The lowest BCUT2D eigenvalue weighted by Gasteiger charge is -2.09. The standard InChI is InChI=1S/C8H7Cl3O/c1-3-5(9)6(10)4(2)8(12)7(3)11/h12H,1-2H3. The third kappa shape index (κ3) is 1.37. The Morgan fingerprint density at radius 1 is 0.833 bits per heavy atom. The minimum Gasteiger partial charge on any atom is -0.506 e. The van der Waals surface area contributed by atoms with Crippen molar-refractivity contribution in [3.63, 3.8) is 0 Å². The molecule has 0 aliphatic heterocycles. The van der Waals surface area contributed by atoms with Crippen LogP contribution >= 0.6 is 34.8 Å². The van der Waals surface area contributed by atoms with E-state index in [2.05, 4.69) is 0 Å². The number of halogens is 3. The van der Waals surface area contributed by atoms with E-state index in [1.165, 1.54) is 0 Å². The Morgan fingerprint density at radius 2 is 1.25 bits per heavy atom. The minimum atomic E-state index is 0.00330. The monoisotopic (exact) mass is 224 g/mol. The summed E-state index contributed by atoms with van der Waals surface area (Å²) in [6, 6.07) is 0. The van der Waals surface area contributed by atoms with Gasteiger partial charge < -0.3 is 5.11 Å². The molecule has 0 aliphatic rings. The van der Waals surface area contributed by atoms with Gasteiger partial charge in [0.15, 0.2) is 0 Å². The molecule has 1 N–H and O–H groups in total. The SMILES string of the molecule is Cc1c(O)c(Cl)c(C)c(Cl)c1Cl. The Hall–Kier alpha value is -0.110. The molecule has 1 rings (SSSR count). The first-order valence-electron chi connectivity index (χ1n) is 3.29. The summed E-state index contributed by atoms with van der Waals surface area (Å²) in [5, 5.41) is 10.4. The van der Waals surface area contributed by atoms with Gasteiger partial charge in [0, 0.05) is 5.56 Å². The zero-order chi connectivity index (χ0) is 9.46. The molecule has 0 radical (unpaired) electrons. The van der Waals surface area contributed by atoms with Gasteiger partial charge in [0.05, 0.1) is 15.1 Å². The summed E-state index contributed by atoms with van der Waals surface area (Å²) < 4.78 is 0. The van der Waals surface area contributed by atoms with Crippen LogP contribution in [0.15, 0.2) is 0 Å². The molecule has 0 fully saturated rings. The van der Waals surface area contributed by atoms with Crippen molar-refractivity contribution in [1.82, 2.24) is 0 Å². The molecule has 0 aliphatic carbocycles. The molecule has 1 aromatic rings. The van der Waals surface area contributed by atoms with Gasteiger partial charge in [-0.05, 0) is 19.4 Å². The van der Waals surface area contributed by atoms with Gasteiger partial charge in [0.2, 0.25) is 0 Å². The zero-order valence-electron chi connectivity index (χ0n) is 6.58. The predicted octanol–water partition coefficient (Wildman–Crippen LogP) is 3.97. The van der Waals surface area contributed by atoms with E-state index in [0.717, 1.165) is 0 Å². The summed E-state index contributed by atoms with van der Waals surface area (Å²) in [4.78, 5) is 0. The summed E-state index contributed by atoms with van der Waals surface area (Å²) in [5.41, 5.74) is 1.11. The Morgan fingerprint density at radius 3 is 1.75 bits per heavy atom. The lowest BCUT2D eigenvalue weighted by molar-refractivity contribution is 0.471. The quantitative estimate of drug-likeness (QED) is 0.663. The van der Waals surface area contributed by atoms with Crippen LogP contribution in [0.5, 0.6) is 5.75 Å². The first-order valence-corrected chi connectivity index (χ1v) is 4.42. The highest BCUT2D eigenvalue weighted by Crippen LogP contribution is 2.41. The highest BCUT2D eigenvalue weighted by molar-refractivity contribution is 6.45. The average Bonchev–Trinajstić information content (AvgIpc) is 2.08. The van der Waals surface area contributed by atoms with E-state index < -0.39 is 0 Å². The molecule has 66 valence electrons. The van der Waals surface area contributed by atoms with E-state index in [1.807, 2.05) is 0 Å². The van der Waals surface area contributed by atoms with Gasteiger partial charge in [0.25, 0.3) is 0 Å². The molecule has 1 aromatic carbocycles. The molecule has 0 heterocycles. The maximum atomic E-state index is 9.42. The van der Waals surface area contributed by atoms with Gasteiger partial charge in [-0.15, -0.1) is 0 Å². The fourth-order valence-electron chi connectivity index (χ4n) is 0.872. The van der Waals surface area contributed by atoms with Crippen LogP contribution in [0.25, 0.3) is 0 Å². The summed E-state index contributed by atoms with van der Waals surface area (Å²) >= 11 is 17.4. The Bertz CT molecular complexity index is 229. The summed E-state index contributed by atoms with van der Waals surface area (Å²) in [6.07, 6.45) is 0. The van der Waals surface area contributed by atoms with Crippen LogP contribution < -0.4 is 0 Å². The van der Waals surface area contributed by atoms with Crippen molar-refractivity contribution in [3.8, 4) is 5.75 Å². The highest BCUT2D eigenvalue weighted by Gasteiger charge is 2.14. The lowest BCUT2D eigenvalue weighted by Crippen LogP contribution is -1.85. The number of hydrogen-bond acceptors (Lipinski definition) is 1. The van der Waals surface area contributed by atoms with Gasteiger partial charge in [0.1, 0.15) is 5.75 Å². The largest absolute Gasteiger partial charge is 0.506 e. The Kier molecular flexibility index (Phi) is 2.77. The first kappa shape index (κ1) is 9.97. The van der Waals surface area contributed by atoms with Crippen LogP contribution in [0.4, 0.5) is 0 Å². The van der Waals surface area contributed by atoms with E-state index in [1.54, 1.807) is 13.8 Å². The second kappa shape index (κ2) is 3.33. The molecule has 0 atom stereocenters. The van der Waals surface area contributed by atoms with Crippen LogP contribution in [-0.2, 0) is 0 Å². The van der Waals surface area contributed by atoms with Crippen LogP contribution in [0.3, 0.4) is 0 Å². The average molecular weight is 226 g/mol. The highest BCUT2D eigenvalue weighted by atomic mass is 35.5. The number of aromatic hydroxyl groups is 1. The van der Waals surface area contributed by atoms with Crippen molar-refractivity contribution in [2.24, 2.45) is 0 Å². The minimum absolute atomic E-state index is 0.00330. The van der Waals surface area contributed by atoms with E-state index in [4.69, 9.17) is 34.8 Å². The van der Waals surface area contributed by atoms with Gasteiger partial charge in [-0.25, -0.2) is 0 Å². The normalized spacial score (nSPS) is 10.4. The number of phenols is 1. The smallest absolute Gasteiger partial charge is 0.138 e. The van der Waals surface area contributed by atoms with Crippen LogP contribution in [0, 0.1) is 13.8 Å². The predicted molar refractivity (Wildman–Crippen MR) is 52.6 cm³/mol. The van der Waals surface area contributed by atoms with Crippen LogP contribution in [0.1, 0.15) is 11.1 Å². The maximum absolute atomic E-state index is 9.42. The molecule has 0 bridgehead atoms. The van der Waals surface area contributed by atoms with Crippen molar-refractivity contribution in [2.45, 2.75) is 13.8 Å². The van der Waals surface area contributed by atoms with Crippen molar-refractivity contribution in [1.29, 1.82) is 0 Å². The van der Waals surface area contributed by atoms with Gasteiger partial charge in [-0.3, -0.25) is 0 Å². The molecule has 0 saturated carbocycles. The first-order chi connectivity index (χ1) is 5.46. The summed E-state index contributed by atoms with van der Waals surface area (Å²) in [6.45, 7) is 3.37. The van der Waals surface area contributed by atoms with E-state index in [0.29, 0.717) is 21.2 Å². The summed E-state index contributed by atoms with van der Waals surface area (Å²) in [5.74, 6) is 0.00330. The summed E-state index contributed by atoms with van der Waals surface area (Å²) in [7, 11) is 0. The fourth-order valence-corrected chi connectivity index (χ4v) is 1.62. The molecule has 0 unspecified atom stereocenters. The Balaban J connectivity index is 3.60.